The van der Waals surface area contributed by atoms with Crippen LogP contribution in [0.4, 0.5) is 0 Å². The Balaban J connectivity index is 2.50. The van der Waals surface area contributed by atoms with Crippen molar-refractivity contribution in [2.75, 3.05) is 13.1 Å². The number of unbranched alkanes of at least 4 members (excludes halogenated alkanes) is 1. The van der Waals surface area contributed by atoms with E-state index in [-0.39, 0.29) is 10.8 Å². The molecule has 0 atom stereocenters. The van der Waals surface area contributed by atoms with Crippen LogP contribution in [-0.2, 0) is 21.2 Å². The minimum atomic E-state index is -3.40. The summed E-state index contributed by atoms with van der Waals surface area (Å²) in [4.78, 5) is 11.8. The number of rotatable bonds is 9. The Morgan fingerprint density at radius 1 is 1.14 bits per heavy atom. The van der Waals surface area contributed by atoms with Crippen LogP contribution in [0.25, 0.3) is 0 Å². The van der Waals surface area contributed by atoms with Crippen LogP contribution in [0.15, 0.2) is 29.2 Å². The Bertz CT molecular complexity index is 539. The van der Waals surface area contributed by atoms with E-state index in [4.69, 9.17) is 0 Å². The molecule has 0 unspecified atom stereocenters. The van der Waals surface area contributed by atoms with Gasteiger partial charge in [-0.25, -0.2) is 13.1 Å². The molecule has 0 aliphatic heterocycles. The molecular weight excluding hydrogens is 288 g/mol. The first-order chi connectivity index (χ1) is 9.99. The molecule has 6 heteroatoms. The van der Waals surface area contributed by atoms with E-state index in [2.05, 4.69) is 17.0 Å². The number of aryl methyl sites for hydroxylation is 1. The van der Waals surface area contributed by atoms with E-state index in [1.165, 1.54) is 0 Å². The van der Waals surface area contributed by atoms with E-state index in [1.807, 2.05) is 0 Å². The lowest BCUT2D eigenvalue weighted by molar-refractivity contribution is -0.121. The molecule has 0 spiro atoms. The topological polar surface area (TPSA) is 75.3 Å². The zero-order valence-corrected chi connectivity index (χ0v) is 13.5. The van der Waals surface area contributed by atoms with Gasteiger partial charge in [-0.3, -0.25) is 4.79 Å². The van der Waals surface area contributed by atoms with Crippen molar-refractivity contribution in [2.24, 2.45) is 0 Å². The number of hydrogen-bond donors (Lipinski definition) is 2. The zero-order valence-electron chi connectivity index (χ0n) is 12.7. The van der Waals surface area contributed by atoms with E-state index >= 15 is 0 Å². The predicted molar refractivity (Wildman–Crippen MR) is 83.5 cm³/mol. The molecular formula is C15H24N2O3S. The number of nitrogens with one attached hydrogen (secondary N) is 2. The molecule has 118 valence electrons. The Labute approximate surface area is 127 Å². The van der Waals surface area contributed by atoms with Gasteiger partial charge in [-0.1, -0.05) is 32.4 Å². The van der Waals surface area contributed by atoms with Gasteiger partial charge >= 0.3 is 0 Å². The Hall–Kier alpha value is -1.40. The quantitative estimate of drug-likeness (QED) is 0.683. The zero-order chi connectivity index (χ0) is 15.7. The van der Waals surface area contributed by atoms with Crippen LogP contribution in [0.2, 0.25) is 0 Å². The first kappa shape index (κ1) is 17.7. The number of benzene rings is 1. The highest BCUT2D eigenvalue weighted by atomic mass is 32.2. The van der Waals surface area contributed by atoms with Crippen LogP contribution >= 0.6 is 0 Å². The fourth-order valence-corrected chi connectivity index (χ4v) is 2.90. The summed E-state index contributed by atoms with van der Waals surface area (Å²) in [5, 5.41) is 2.86. The minimum absolute atomic E-state index is 0.0350. The van der Waals surface area contributed by atoms with Crippen molar-refractivity contribution >= 4 is 15.9 Å². The third-order valence-electron chi connectivity index (χ3n) is 3.06. The van der Waals surface area contributed by atoms with Crippen molar-refractivity contribution in [3.63, 3.8) is 0 Å². The van der Waals surface area contributed by atoms with Crippen LogP contribution in [0, 0.1) is 0 Å². The van der Waals surface area contributed by atoms with Gasteiger partial charge in [-0.15, -0.1) is 0 Å². The maximum atomic E-state index is 11.8. The first-order valence-corrected chi connectivity index (χ1v) is 8.83. The molecule has 0 radical (unpaired) electrons. The molecule has 1 amide bonds. The van der Waals surface area contributed by atoms with E-state index in [9.17, 15) is 13.2 Å². The van der Waals surface area contributed by atoms with Gasteiger partial charge in [0.1, 0.15) is 0 Å². The van der Waals surface area contributed by atoms with Gasteiger partial charge in [-0.2, -0.15) is 0 Å². The molecule has 0 aliphatic carbocycles. The van der Waals surface area contributed by atoms with Gasteiger partial charge < -0.3 is 5.32 Å². The monoisotopic (exact) mass is 312 g/mol. The van der Waals surface area contributed by atoms with E-state index in [1.54, 1.807) is 31.2 Å². The summed E-state index contributed by atoms with van der Waals surface area (Å²) in [7, 11) is -3.40. The molecule has 0 heterocycles. The lowest BCUT2D eigenvalue weighted by Crippen LogP contribution is -2.24. The molecule has 2 N–H and O–H groups in total. The molecule has 1 rings (SSSR count). The first-order valence-electron chi connectivity index (χ1n) is 7.35. The summed E-state index contributed by atoms with van der Waals surface area (Å²) in [6.07, 6.45) is 3.08. The standard InChI is InChI=1S/C15H24N2O3S/c1-3-5-12-16-15(18)11-8-13-6-9-14(10-7-13)21(19,20)17-4-2/h6-7,9-10,17H,3-5,8,11-12H2,1-2H3,(H,16,18). The predicted octanol–water partition coefficient (Wildman–Crippen LogP) is 1.83. The maximum absolute atomic E-state index is 11.8. The molecule has 1 aromatic rings. The number of sulfonamides is 1. The SMILES string of the molecule is CCCCNC(=O)CCc1ccc(S(=O)(=O)NCC)cc1. The number of amides is 1. The normalized spacial score (nSPS) is 11.3. The molecule has 0 fully saturated rings. The highest BCUT2D eigenvalue weighted by Gasteiger charge is 2.12. The van der Waals surface area contributed by atoms with Gasteiger partial charge in [-0.05, 0) is 30.5 Å². The lowest BCUT2D eigenvalue weighted by Gasteiger charge is -2.07. The van der Waals surface area contributed by atoms with Gasteiger partial charge in [0.05, 0.1) is 4.90 Å². The van der Waals surface area contributed by atoms with Crippen molar-refractivity contribution in [2.45, 2.75) is 44.4 Å². The van der Waals surface area contributed by atoms with Crippen LogP contribution in [0.3, 0.4) is 0 Å². The fraction of sp³-hybridized carbons (Fsp3) is 0.533. The number of carbonyl (C=O) groups excluding carboxylic acids is 1. The average molecular weight is 312 g/mol. The van der Waals surface area contributed by atoms with Crippen LogP contribution in [0.5, 0.6) is 0 Å². The summed E-state index contributed by atoms with van der Waals surface area (Å²) in [6.45, 7) is 4.90. The van der Waals surface area contributed by atoms with Crippen molar-refractivity contribution < 1.29 is 13.2 Å². The van der Waals surface area contributed by atoms with E-state index in [0.29, 0.717) is 19.4 Å². The third-order valence-corrected chi connectivity index (χ3v) is 4.62. The molecule has 21 heavy (non-hydrogen) atoms. The Morgan fingerprint density at radius 3 is 2.38 bits per heavy atom. The second-order valence-corrected chi connectivity index (χ2v) is 6.62. The summed E-state index contributed by atoms with van der Waals surface area (Å²) in [5.41, 5.74) is 0.955. The highest BCUT2D eigenvalue weighted by molar-refractivity contribution is 7.89. The Morgan fingerprint density at radius 2 is 1.81 bits per heavy atom. The molecule has 1 aromatic carbocycles. The summed E-state index contributed by atoms with van der Waals surface area (Å²) in [5.74, 6) is 0.0350. The Kier molecular flexibility index (Phi) is 7.39. The number of carbonyl (C=O) groups is 1. The molecule has 0 saturated carbocycles. The van der Waals surface area contributed by atoms with Crippen molar-refractivity contribution in [3.05, 3.63) is 29.8 Å². The molecule has 5 nitrogen and oxygen atoms in total. The smallest absolute Gasteiger partial charge is 0.240 e. The molecule has 0 bridgehead atoms. The van der Waals surface area contributed by atoms with Crippen LogP contribution < -0.4 is 10.0 Å². The highest BCUT2D eigenvalue weighted by Crippen LogP contribution is 2.11. The van der Waals surface area contributed by atoms with Crippen molar-refractivity contribution in [3.8, 4) is 0 Å². The summed E-state index contributed by atoms with van der Waals surface area (Å²) < 4.78 is 26.0. The lowest BCUT2D eigenvalue weighted by atomic mass is 10.1. The van der Waals surface area contributed by atoms with E-state index in [0.717, 1.165) is 24.9 Å². The molecule has 0 aliphatic rings. The molecule has 0 saturated heterocycles. The number of hydrogen-bond acceptors (Lipinski definition) is 3. The largest absolute Gasteiger partial charge is 0.356 e. The van der Waals surface area contributed by atoms with Crippen molar-refractivity contribution in [1.82, 2.24) is 10.0 Å². The van der Waals surface area contributed by atoms with Gasteiger partial charge in [0.2, 0.25) is 15.9 Å². The van der Waals surface area contributed by atoms with Gasteiger partial charge in [0.25, 0.3) is 0 Å². The second-order valence-electron chi connectivity index (χ2n) is 4.85. The van der Waals surface area contributed by atoms with Crippen LogP contribution in [0.1, 0.15) is 38.7 Å². The van der Waals surface area contributed by atoms with Gasteiger partial charge in [0.15, 0.2) is 0 Å². The third kappa shape index (κ3) is 6.27. The fourth-order valence-electron chi connectivity index (χ4n) is 1.86. The van der Waals surface area contributed by atoms with Crippen molar-refractivity contribution in [1.29, 1.82) is 0 Å². The minimum Gasteiger partial charge on any atom is -0.356 e. The summed E-state index contributed by atoms with van der Waals surface area (Å²) >= 11 is 0. The molecule has 0 aromatic heterocycles. The van der Waals surface area contributed by atoms with Crippen LogP contribution in [-0.4, -0.2) is 27.4 Å². The average Bonchev–Trinajstić information content (AvgIpc) is 2.46. The second kappa shape index (κ2) is 8.79. The maximum Gasteiger partial charge on any atom is 0.240 e. The summed E-state index contributed by atoms with van der Waals surface area (Å²) in [6, 6.07) is 6.65. The van der Waals surface area contributed by atoms with Gasteiger partial charge in [0, 0.05) is 19.5 Å². The van der Waals surface area contributed by atoms with E-state index < -0.39 is 10.0 Å².